The summed E-state index contributed by atoms with van der Waals surface area (Å²) in [5, 5.41) is 7.51. The standard InChI is InChI=1S/C20H16F3N3O3S/c1-11-3-9-15(10-4-11)30(28,29)18-12(2)16(17(27)24-18)13-5-7-14(8-6-13)19(25-26-19)20(21,22)23/h3-10,18H,1-2H3,(H,24,27). The van der Waals surface area contributed by atoms with E-state index in [0.29, 0.717) is 5.56 Å². The number of benzene rings is 2. The molecule has 2 heterocycles. The van der Waals surface area contributed by atoms with Gasteiger partial charge >= 0.3 is 11.8 Å². The van der Waals surface area contributed by atoms with Crippen molar-refractivity contribution in [2.24, 2.45) is 10.2 Å². The predicted molar refractivity (Wildman–Crippen MR) is 102 cm³/mol. The molecule has 2 aliphatic heterocycles. The third kappa shape index (κ3) is 3.02. The Morgan fingerprint density at radius 1 is 0.967 bits per heavy atom. The van der Waals surface area contributed by atoms with Gasteiger partial charge in [0.1, 0.15) is 0 Å². The molecule has 2 aliphatic rings. The fraction of sp³-hybridized carbons (Fsp3) is 0.250. The van der Waals surface area contributed by atoms with E-state index in [1.807, 2.05) is 6.92 Å². The van der Waals surface area contributed by atoms with Gasteiger partial charge in [-0.1, -0.05) is 42.0 Å². The summed E-state index contributed by atoms with van der Waals surface area (Å²) in [5.41, 5.74) is -1.12. The molecular formula is C20H16F3N3O3S. The third-order valence-corrected chi connectivity index (χ3v) is 7.23. The number of amides is 1. The topological polar surface area (TPSA) is 88.0 Å². The number of nitrogens with zero attached hydrogens (tertiary/aromatic N) is 2. The second-order valence-corrected chi connectivity index (χ2v) is 9.25. The molecule has 6 nitrogen and oxygen atoms in total. The quantitative estimate of drug-likeness (QED) is 0.791. The van der Waals surface area contributed by atoms with E-state index in [9.17, 15) is 26.4 Å². The maximum Gasteiger partial charge on any atom is 0.442 e. The van der Waals surface area contributed by atoms with Crippen molar-refractivity contribution in [1.29, 1.82) is 0 Å². The molecule has 2 aromatic rings. The molecule has 1 unspecified atom stereocenters. The lowest BCUT2D eigenvalue weighted by molar-refractivity contribution is -0.166. The van der Waals surface area contributed by atoms with Crippen molar-refractivity contribution in [1.82, 2.24) is 5.32 Å². The molecule has 30 heavy (non-hydrogen) atoms. The molecule has 0 saturated heterocycles. The van der Waals surface area contributed by atoms with Gasteiger partial charge in [0.25, 0.3) is 5.91 Å². The average molecular weight is 435 g/mol. The van der Waals surface area contributed by atoms with Crippen LogP contribution in [0.25, 0.3) is 5.57 Å². The van der Waals surface area contributed by atoms with Crippen LogP contribution >= 0.6 is 0 Å². The van der Waals surface area contributed by atoms with E-state index >= 15 is 0 Å². The second kappa shape index (κ2) is 6.49. The summed E-state index contributed by atoms with van der Waals surface area (Å²) in [7, 11) is -3.89. The lowest BCUT2D eigenvalue weighted by Crippen LogP contribution is -2.35. The Labute approximate surface area is 170 Å². The van der Waals surface area contributed by atoms with Gasteiger partial charge in [-0.3, -0.25) is 4.79 Å². The molecule has 0 fully saturated rings. The highest BCUT2D eigenvalue weighted by molar-refractivity contribution is 7.92. The Bertz CT molecular complexity index is 1190. The Balaban J connectivity index is 1.68. The van der Waals surface area contributed by atoms with E-state index in [-0.39, 0.29) is 21.6 Å². The molecule has 0 spiro atoms. The number of rotatable bonds is 4. The van der Waals surface area contributed by atoms with Gasteiger partial charge in [-0.25, -0.2) is 8.42 Å². The highest BCUT2D eigenvalue weighted by Crippen LogP contribution is 2.52. The minimum Gasteiger partial charge on any atom is -0.332 e. The second-order valence-electron chi connectivity index (χ2n) is 7.22. The molecule has 4 rings (SSSR count). The fourth-order valence-corrected chi connectivity index (χ4v) is 5.09. The van der Waals surface area contributed by atoms with Crippen LogP contribution in [0.1, 0.15) is 23.6 Å². The van der Waals surface area contributed by atoms with E-state index in [0.717, 1.165) is 5.56 Å². The van der Waals surface area contributed by atoms with E-state index in [1.165, 1.54) is 43.3 Å². The molecule has 0 saturated carbocycles. The summed E-state index contributed by atoms with van der Waals surface area (Å²) in [6.45, 7) is 3.34. The summed E-state index contributed by atoms with van der Waals surface area (Å²) >= 11 is 0. The van der Waals surface area contributed by atoms with E-state index in [4.69, 9.17) is 0 Å². The van der Waals surface area contributed by atoms with Crippen LogP contribution in [-0.2, 0) is 20.3 Å². The lowest BCUT2D eigenvalue weighted by Gasteiger charge is -2.15. The number of sulfone groups is 1. The van der Waals surface area contributed by atoms with Crippen LogP contribution in [0.2, 0.25) is 0 Å². The average Bonchev–Trinajstić information content (AvgIpc) is 3.44. The number of aryl methyl sites for hydroxylation is 1. The molecule has 156 valence electrons. The van der Waals surface area contributed by atoms with Crippen LogP contribution < -0.4 is 5.32 Å². The zero-order chi connectivity index (χ0) is 21.9. The SMILES string of the molecule is CC1=C(c2ccc(C3(C(F)(F)F)N=N3)cc2)C(=O)NC1S(=O)(=O)c1ccc(C)cc1. The maximum absolute atomic E-state index is 13.1. The summed E-state index contributed by atoms with van der Waals surface area (Å²) in [6.07, 6.45) is -4.65. The molecule has 2 aromatic carbocycles. The zero-order valence-corrected chi connectivity index (χ0v) is 16.7. The number of hydrogen-bond acceptors (Lipinski definition) is 5. The van der Waals surface area contributed by atoms with Crippen LogP contribution in [0.3, 0.4) is 0 Å². The molecule has 0 aromatic heterocycles. The van der Waals surface area contributed by atoms with Crippen molar-refractivity contribution < 1.29 is 26.4 Å². The Morgan fingerprint density at radius 3 is 2.03 bits per heavy atom. The molecular weight excluding hydrogens is 419 g/mol. The first-order valence-electron chi connectivity index (χ1n) is 8.91. The molecule has 0 radical (unpaired) electrons. The maximum atomic E-state index is 13.1. The number of carbonyl (C=O) groups excluding carboxylic acids is 1. The number of nitrogens with one attached hydrogen (secondary N) is 1. The van der Waals surface area contributed by atoms with Crippen molar-refractivity contribution in [2.45, 2.75) is 36.0 Å². The summed E-state index contributed by atoms with van der Waals surface area (Å²) in [4.78, 5) is 12.6. The van der Waals surface area contributed by atoms with Gasteiger partial charge in [-0.2, -0.15) is 13.2 Å². The zero-order valence-electron chi connectivity index (χ0n) is 15.9. The molecule has 10 heteroatoms. The number of hydrogen-bond donors (Lipinski definition) is 1. The first-order chi connectivity index (χ1) is 14.0. The Hall–Kier alpha value is -3.01. The van der Waals surface area contributed by atoms with Gasteiger partial charge in [0.05, 0.1) is 4.90 Å². The van der Waals surface area contributed by atoms with Crippen molar-refractivity contribution in [3.05, 3.63) is 70.8 Å². The van der Waals surface area contributed by atoms with Gasteiger partial charge in [0.15, 0.2) is 5.37 Å². The van der Waals surface area contributed by atoms with Gasteiger partial charge in [-0.05, 0) is 37.1 Å². The fourth-order valence-electron chi connectivity index (χ4n) is 3.45. The summed E-state index contributed by atoms with van der Waals surface area (Å²) < 4.78 is 65.4. The van der Waals surface area contributed by atoms with Crippen LogP contribution in [-0.4, -0.2) is 25.9 Å². The van der Waals surface area contributed by atoms with Crippen molar-refractivity contribution in [3.63, 3.8) is 0 Å². The minimum atomic E-state index is -4.65. The van der Waals surface area contributed by atoms with E-state index < -0.39 is 33.0 Å². The van der Waals surface area contributed by atoms with Gasteiger partial charge < -0.3 is 5.32 Å². The smallest absolute Gasteiger partial charge is 0.332 e. The Kier molecular flexibility index (Phi) is 4.39. The molecule has 1 amide bonds. The van der Waals surface area contributed by atoms with Crippen LogP contribution in [0.5, 0.6) is 0 Å². The minimum absolute atomic E-state index is 0.0680. The van der Waals surface area contributed by atoms with Crippen LogP contribution in [0.4, 0.5) is 13.2 Å². The normalized spacial score (nSPS) is 20.4. The van der Waals surface area contributed by atoms with Gasteiger partial charge in [0.2, 0.25) is 9.84 Å². The molecule has 0 aliphatic carbocycles. The lowest BCUT2D eigenvalue weighted by atomic mass is 9.97. The highest BCUT2D eigenvalue weighted by atomic mass is 32.2. The van der Waals surface area contributed by atoms with Crippen molar-refractivity contribution >= 4 is 21.3 Å². The number of alkyl halides is 3. The Morgan fingerprint density at radius 2 is 1.53 bits per heavy atom. The van der Waals surface area contributed by atoms with Gasteiger partial charge in [0, 0.05) is 11.1 Å². The number of carbonyl (C=O) groups is 1. The molecule has 0 bridgehead atoms. The number of halogens is 3. The highest BCUT2D eigenvalue weighted by Gasteiger charge is 2.65. The van der Waals surface area contributed by atoms with Crippen molar-refractivity contribution in [2.75, 3.05) is 0 Å². The van der Waals surface area contributed by atoms with E-state index in [2.05, 4.69) is 15.5 Å². The molecule has 1 N–H and O–H groups in total. The monoisotopic (exact) mass is 435 g/mol. The first-order valence-corrected chi connectivity index (χ1v) is 10.5. The molecule has 1 atom stereocenters. The van der Waals surface area contributed by atoms with Crippen molar-refractivity contribution in [3.8, 4) is 0 Å². The third-order valence-electron chi connectivity index (χ3n) is 5.21. The summed E-state index contributed by atoms with van der Waals surface area (Å²) in [6, 6.07) is 11.3. The largest absolute Gasteiger partial charge is 0.442 e. The predicted octanol–water partition coefficient (Wildman–Crippen LogP) is 3.88. The van der Waals surface area contributed by atoms with Crippen LogP contribution in [0.15, 0.2) is 69.2 Å². The van der Waals surface area contributed by atoms with E-state index in [1.54, 1.807) is 12.1 Å². The van der Waals surface area contributed by atoms with Gasteiger partial charge in [-0.15, -0.1) is 10.2 Å². The first kappa shape index (κ1) is 20.3. The van der Waals surface area contributed by atoms with Crippen LogP contribution in [0, 0.1) is 6.92 Å². The summed E-state index contributed by atoms with van der Waals surface area (Å²) in [5.74, 6) is -0.604.